The second-order valence-electron chi connectivity index (χ2n) is 13.7. The number of aliphatic hydroxyl groups excluding tert-OH is 4. The second kappa shape index (κ2) is 34.6. The summed E-state index contributed by atoms with van der Waals surface area (Å²) in [5.74, 6) is -0.350. The number of aliphatic hydroxyl groups is 4. The van der Waals surface area contributed by atoms with Gasteiger partial charge in [-0.1, -0.05) is 120 Å². The molecule has 0 spiro atoms. The number of hydrogen-bond donors (Lipinski definition) is 4. The number of ether oxygens (including phenoxy) is 4. The van der Waals surface area contributed by atoms with Gasteiger partial charge in [-0.3, -0.25) is 4.79 Å². The van der Waals surface area contributed by atoms with Gasteiger partial charge in [-0.2, -0.15) is 0 Å². The zero-order valence-corrected chi connectivity index (χ0v) is 32.5. The number of carbonyl (C=O) groups excluding carboxylic acids is 1. The van der Waals surface area contributed by atoms with E-state index in [4.69, 9.17) is 18.9 Å². The lowest BCUT2D eigenvalue weighted by molar-refractivity contribution is -0.305. The van der Waals surface area contributed by atoms with Crippen LogP contribution in [0.25, 0.3) is 0 Å². The molecular formula is C43H74O9. The van der Waals surface area contributed by atoms with Crippen LogP contribution in [-0.4, -0.2) is 89.6 Å². The highest BCUT2D eigenvalue weighted by Gasteiger charge is 2.44. The van der Waals surface area contributed by atoms with E-state index in [0.717, 1.165) is 70.6 Å². The highest BCUT2D eigenvalue weighted by atomic mass is 16.7. The number of unbranched alkanes of at least 4 members (excludes halogenated alkanes) is 12. The molecule has 0 radical (unpaired) electrons. The lowest BCUT2D eigenvalue weighted by Gasteiger charge is -2.39. The quantitative estimate of drug-likeness (QED) is 0.0298. The zero-order chi connectivity index (χ0) is 37.9. The van der Waals surface area contributed by atoms with Crippen LogP contribution in [0, 0.1) is 0 Å². The van der Waals surface area contributed by atoms with Gasteiger partial charge in [0.2, 0.25) is 0 Å². The fraction of sp³-hybridized carbons (Fsp3) is 0.744. The van der Waals surface area contributed by atoms with Gasteiger partial charge in [-0.05, 0) is 77.0 Å². The van der Waals surface area contributed by atoms with Crippen LogP contribution in [-0.2, 0) is 23.7 Å². The Bertz CT molecular complexity index is 974. The molecule has 6 unspecified atom stereocenters. The maximum Gasteiger partial charge on any atom is 0.306 e. The molecule has 1 fully saturated rings. The van der Waals surface area contributed by atoms with Crippen LogP contribution in [0.3, 0.4) is 0 Å². The third kappa shape index (κ3) is 25.8. The summed E-state index contributed by atoms with van der Waals surface area (Å²) in [5.41, 5.74) is 0. The maximum absolute atomic E-state index is 12.7. The Morgan fingerprint density at radius 2 is 1.17 bits per heavy atom. The van der Waals surface area contributed by atoms with E-state index in [1.165, 1.54) is 44.9 Å². The molecule has 6 atom stereocenters. The lowest BCUT2D eigenvalue weighted by Crippen LogP contribution is -2.59. The normalized spacial score (nSPS) is 21.8. The van der Waals surface area contributed by atoms with Gasteiger partial charge in [0.1, 0.15) is 30.5 Å². The van der Waals surface area contributed by atoms with E-state index in [1.807, 2.05) is 0 Å². The number of allylic oxidation sites excluding steroid dienone is 10. The molecule has 0 saturated carbocycles. The van der Waals surface area contributed by atoms with Gasteiger partial charge in [0.15, 0.2) is 6.29 Å². The molecule has 0 bridgehead atoms. The van der Waals surface area contributed by atoms with Crippen LogP contribution in [0.4, 0.5) is 0 Å². The fourth-order valence-electron chi connectivity index (χ4n) is 5.71. The maximum atomic E-state index is 12.7. The minimum Gasteiger partial charge on any atom is -0.457 e. The molecule has 1 saturated heterocycles. The molecule has 300 valence electrons. The summed E-state index contributed by atoms with van der Waals surface area (Å²) in [4.78, 5) is 12.7. The molecule has 9 nitrogen and oxygen atoms in total. The smallest absolute Gasteiger partial charge is 0.306 e. The van der Waals surface area contributed by atoms with Crippen molar-refractivity contribution >= 4 is 5.97 Å². The molecule has 52 heavy (non-hydrogen) atoms. The Balaban J connectivity index is 2.34. The number of rotatable bonds is 33. The molecular weight excluding hydrogens is 660 g/mol. The highest BCUT2D eigenvalue weighted by Crippen LogP contribution is 2.22. The first kappa shape index (κ1) is 47.9. The summed E-state index contributed by atoms with van der Waals surface area (Å²) in [6.45, 7) is 4.33. The molecule has 1 rings (SSSR count). The molecule has 4 N–H and O–H groups in total. The van der Waals surface area contributed by atoms with Crippen molar-refractivity contribution < 1.29 is 44.2 Å². The van der Waals surface area contributed by atoms with E-state index in [0.29, 0.717) is 13.0 Å². The fourth-order valence-corrected chi connectivity index (χ4v) is 5.71. The van der Waals surface area contributed by atoms with Gasteiger partial charge in [-0.25, -0.2) is 0 Å². The average molecular weight is 735 g/mol. The Hall–Kier alpha value is -2.11. The summed E-state index contributed by atoms with van der Waals surface area (Å²) in [6, 6.07) is 0. The van der Waals surface area contributed by atoms with Crippen molar-refractivity contribution in [1.29, 1.82) is 0 Å². The first-order chi connectivity index (χ1) is 25.4. The van der Waals surface area contributed by atoms with Gasteiger partial charge in [0.05, 0.1) is 19.8 Å². The Labute approximate surface area is 315 Å². The van der Waals surface area contributed by atoms with Gasteiger partial charge in [0, 0.05) is 13.0 Å². The summed E-state index contributed by atoms with van der Waals surface area (Å²) >= 11 is 0. The van der Waals surface area contributed by atoms with Crippen molar-refractivity contribution in [3.05, 3.63) is 60.8 Å². The monoisotopic (exact) mass is 735 g/mol. The molecule has 1 aliphatic heterocycles. The van der Waals surface area contributed by atoms with Crippen LogP contribution >= 0.6 is 0 Å². The average Bonchev–Trinajstić information content (AvgIpc) is 3.14. The van der Waals surface area contributed by atoms with E-state index in [9.17, 15) is 25.2 Å². The number of hydrogen-bond acceptors (Lipinski definition) is 9. The van der Waals surface area contributed by atoms with Crippen LogP contribution in [0.2, 0.25) is 0 Å². The Kier molecular flexibility index (Phi) is 31.9. The predicted octanol–water partition coefficient (Wildman–Crippen LogP) is 8.35. The van der Waals surface area contributed by atoms with Crippen molar-refractivity contribution in [3.63, 3.8) is 0 Å². The van der Waals surface area contributed by atoms with E-state index >= 15 is 0 Å². The molecule has 1 aliphatic rings. The van der Waals surface area contributed by atoms with E-state index in [1.54, 1.807) is 0 Å². The van der Waals surface area contributed by atoms with Crippen molar-refractivity contribution in [2.75, 3.05) is 26.4 Å². The SMILES string of the molecule is CC/C=C\C/C=C\C/C=C\CCCCCC(=O)OC(COCCCCCCCC/C=C\C/C=C\CCCCC)COC1OC(CO)C(O)C(O)C1O. The van der Waals surface area contributed by atoms with Crippen molar-refractivity contribution in [2.24, 2.45) is 0 Å². The number of esters is 1. The predicted molar refractivity (Wildman–Crippen MR) is 210 cm³/mol. The van der Waals surface area contributed by atoms with Crippen LogP contribution in [0.15, 0.2) is 60.8 Å². The van der Waals surface area contributed by atoms with Gasteiger partial charge < -0.3 is 39.4 Å². The van der Waals surface area contributed by atoms with E-state index in [2.05, 4.69) is 74.6 Å². The minimum absolute atomic E-state index is 0.123. The Morgan fingerprint density at radius 1 is 0.635 bits per heavy atom. The lowest BCUT2D eigenvalue weighted by atomic mass is 9.99. The topological polar surface area (TPSA) is 135 Å². The van der Waals surface area contributed by atoms with E-state index in [-0.39, 0.29) is 25.6 Å². The molecule has 0 aliphatic carbocycles. The second-order valence-corrected chi connectivity index (χ2v) is 13.7. The van der Waals surface area contributed by atoms with Crippen LogP contribution in [0.5, 0.6) is 0 Å². The van der Waals surface area contributed by atoms with Gasteiger partial charge in [-0.15, -0.1) is 0 Å². The summed E-state index contributed by atoms with van der Waals surface area (Å²) in [6.07, 6.45) is 35.3. The van der Waals surface area contributed by atoms with E-state index < -0.39 is 43.4 Å². The Morgan fingerprint density at radius 3 is 1.77 bits per heavy atom. The molecule has 0 amide bonds. The third-order valence-electron chi connectivity index (χ3n) is 8.92. The molecule has 0 aromatic carbocycles. The standard InChI is InChI=1S/C43H74O9/c1-3-5-7-9-11-13-15-17-18-19-21-23-25-27-29-31-33-49-35-37(36-50-43-42(48)41(47)40(46)38(34-44)52-43)51-39(45)32-30-28-26-24-22-20-16-14-12-10-8-6-4-2/h6,8,11-14,17-18,20,22,37-38,40-44,46-48H,3-5,7,9-10,15-16,19,21,23-36H2,1-2H3/b8-6-,13-11-,14-12-,18-17-,22-20-. The molecule has 1 heterocycles. The molecule has 0 aromatic rings. The molecule has 0 aromatic heterocycles. The van der Waals surface area contributed by atoms with Gasteiger partial charge in [0.25, 0.3) is 0 Å². The first-order valence-electron chi connectivity index (χ1n) is 20.4. The van der Waals surface area contributed by atoms with Crippen molar-refractivity contribution in [2.45, 2.75) is 179 Å². The highest BCUT2D eigenvalue weighted by molar-refractivity contribution is 5.69. The third-order valence-corrected chi connectivity index (χ3v) is 8.92. The largest absolute Gasteiger partial charge is 0.457 e. The minimum atomic E-state index is -1.55. The van der Waals surface area contributed by atoms with Crippen LogP contribution < -0.4 is 0 Å². The van der Waals surface area contributed by atoms with Gasteiger partial charge >= 0.3 is 5.97 Å². The van der Waals surface area contributed by atoms with Crippen LogP contribution in [0.1, 0.15) is 142 Å². The number of carbonyl (C=O) groups is 1. The summed E-state index contributed by atoms with van der Waals surface area (Å²) in [5, 5.41) is 40.0. The summed E-state index contributed by atoms with van der Waals surface area (Å²) in [7, 11) is 0. The first-order valence-corrected chi connectivity index (χ1v) is 20.4. The van der Waals surface area contributed by atoms with Crippen molar-refractivity contribution in [1.82, 2.24) is 0 Å². The molecule has 9 heteroatoms. The van der Waals surface area contributed by atoms with Crippen molar-refractivity contribution in [3.8, 4) is 0 Å². The zero-order valence-electron chi connectivity index (χ0n) is 32.5. The summed E-state index contributed by atoms with van der Waals surface area (Å²) < 4.78 is 22.7.